The van der Waals surface area contributed by atoms with Gasteiger partial charge in [-0.3, -0.25) is 4.79 Å². The fraction of sp³-hybridized carbons (Fsp3) is 0.118. The first-order valence-electron chi connectivity index (χ1n) is 6.68. The molecule has 3 aromatic rings. The van der Waals surface area contributed by atoms with Crippen molar-refractivity contribution in [2.24, 2.45) is 0 Å². The zero-order chi connectivity index (χ0) is 15.7. The number of aromatic hydroxyl groups is 2. The summed E-state index contributed by atoms with van der Waals surface area (Å²) < 4.78 is 10.5. The highest BCUT2D eigenvalue weighted by Crippen LogP contribution is 2.30. The van der Waals surface area contributed by atoms with E-state index in [1.165, 1.54) is 25.5 Å². The predicted molar refractivity (Wildman–Crippen MR) is 81.6 cm³/mol. The lowest BCUT2D eigenvalue weighted by Gasteiger charge is -2.06. The molecule has 0 unspecified atom stereocenters. The molecule has 3 rings (SSSR count). The number of phenols is 2. The molecule has 0 spiro atoms. The number of ether oxygens (including phenoxy) is 1. The number of hydrogen-bond donors (Lipinski definition) is 2. The van der Waals surface area contributed by atoms with Crippen LogP contribution in [0.5, 0.6) is 17.2 Å². The van der Waals surface area contributed by atoms with Gasteiger partial charge in [-0.05, 0) is 23.8 Å². The van der Waals surface area contributed by atoms with Gasteiger partial charge in [-0.15, -0.1) is 0 Å². The van der Waals surface area contributed by atoms with E-state index in [0.717, 1.165) is 5.56 Å². The monoisotopic (exact) mass is 298 g/mol. The SMILES string of the molecule is COc1cc2c(=O)c(Cc3ccc(O)cc3)coc2cc1O. The van der Waals surface area contributed by atoms with Crippen molar-refractivity contribution in [3.05, 3.63) is 64.0 Å². The van der Waals surface area contributed by atoms with Gasteiger partial charge >= 0.3 is 0 Å². The standard InChI is InChI=1S/C17H14O5/c1-21-16-7-13-15(8-14(16)19)22-9-11(17(13)20)6-10-2-4-12(18)5-3-10/h2-5,7-9,18-19H,6H2,1H3. The summed E-state index contributed by atoms with van der Waals surface area (Å²) in [5.74, 6) is 0.320. The van der Waals surface area contributed by atoms with Gasteiger partial charge in [-0.2, -0.15) is 0 Å². The Labute approximate surface area is 126 Å². The van der Waals surface area contributed by atoms with Gasteiger partial charge in [0.25, 0.3) is 0 Å². The minimum atomic E-state index is -0.173. The normalized spacial score (nSPS) is 10.8. The molecule has 1 aromatic heterocycles. The number of phenolic OH excluding ortho intramolecular Hbond substituents is 2. The van der Waals surface area contributed by atoms with Crippen molar-refractivity contribution in [3.8, 4) is 17.2 Å². The van der Waals surface area contributed by atoms with E-state index in [2.05, 4.69) is 0 Å². The van der Waals surface area contributed by atoms with Crippen molar-refractivity contribution < 1.29 is 19.4 Å². The van der Waals surface area contributed by atoms with Crippen molar-refractivity contribution in [1.82, 2.24) is 0 Å². The Bertz CT molecular complexity index is 878. The molecule has 2 N–H and O–H groups in total. The highest BCUT2D eigenvalue weighted by molar-refractivity contribution is 5.81. The van der Waals surface area contributed by atoms with E-state index >= 15 is 0 Å². The Morgan fingerprint density at radius 3 is 2.55 bits per heavy atom. The topological polar surface area (TPSA) is 79.9 Å². The fourth-order valence-corrected chi connectivity index (χ4v) is 2.30. The summed E-state index contributed by atoms with van der Waals surface area (Å²) in [5.41, 5.74) is 1.51. The Kier molecular flexibility index (Phi) is 3.47. The first-order chi connectivity index (χ1) is 10.6. The Morgan fingerprint density at radius 2 is 1.86 bits per heavy atom. The van der Waals surface area contributed by atoms with Gasteiger partial charge in [0, 0.05) is 18.1 Å². The van der Waals surface area contributed by atoms with Crippen molar-refractivity contribution in [1.29, 1.82) is 0 Å². The number of benzene rings is 2. The van der Waals surface area contributed by atoms with Gasteiger partial charge in [-0.25, -0.2) is 0 Å². The number of methoxy groups -OCH3 is 1. The summed E-state index contributed by atoms with van der Waals surface area (Å²) >= 11 is 0. The highest BCUT2D eigenvalue weighted by atomic mass is 16.5. The second-order valence-corrected chi connectivity index (χ2v) is 4.95. The number of fused-ring (bicyclic) bond motifs is 1. The molecule has 0 fully saturated rings. The molecule has 0 saturated heterocycles. The second kappa shape index (κ2) is 5.44. The average Bonchev–Trinajstić information content (AvgIpc) is 2.52. The molecule has 0 amide bonds. The van der Waals surface area contributed by atoms with E-state index in [-0.39, 0.29) is 22.7 Å². The molecule has 0 bridgehead atoms. The molecule has 1 heterocycles. The van der Waals surface area contributed by atoms with E-state index < -0.39 is 0 Å². The summed E-state index contributed by atoms with van der Waals surface area (Å²) in [6.07, 6.45) is 1.78. The molecular weight excluding hydrogens is 284 g/mol. The zero-order valence-electron chi connectivity index (χ0n) is 11.9. The first kappa shape index (κ1) is 14.0. The van der Waals surface area contributed by atoms with Gasteiger partial charge in [0.2, 0.25) is 0 Å². The van der Waals surface area contributed by atoms with Crippen LogP contribution < -0.4 is 10.2 Å². The van der Waals surface area contributed by atoms with E-state index in [9.17, 15) is 15.0 Å². The van der Waals surface area contributed by atoms with Crippen molar-refractivity contribution in [3.63, 3.8) is 0 Å². The smallest absolute Gasteiger partial charge is 0.196 e. The molecule has 22 heavy (non-hydrogen) atoms. The highest BCUT2D eigenvalue weighted by Gasteiger charge is 2.12. The summed E-state index contributed by atoms with van der Waals surface area (Å²) in [6.45, 7) is 0. The van der Waals surface area contributed by atoms with Crippen molar-refractivity contribution in [2.45, 2.75) is 6.42 Å². The quantitative estimate of drug-likeness (QED) is 0.777. The predicted octanol–water partition coefficient (Wildman–Crippen LogP) is 2.80. The molecule has 0 radical (unpaired) electrons. The Balaban J connectivity index is 2.07. The van der Waals surface area contributed by atoms with Gasteiger partial charge in [0.05, 0.1) is 18.8 Å². The van der Waals surface area contributed by atoms with Gasteiger partial charge in [0.1, 0.15) is 11.3 Å². The van der Waals surface area contributed by atoms with Crippen LogP contribution >= 0.6 is 0 Å². The van der Waals surface area contributed by atoms with Gasteiger partial charge in [-0.1, -0.05) is 12.1 Å². The molecule has 0 aliphatic rings. The van der Waals surface area contributed by atoms with Crippen LogP contribution in [0.1, 0.15) is 11.1 Å². The third-order valence-corrected chi connectivity index (χ3v) is 3.48. The lowest BCUT2D eigenvalue weighted by molar-refractivity contribution is 0.373. The lowest BCUT2D eigenvalue weighted by Crippen LogP contribution is -2.09. The van der Waals surface area contributed by atoms with E-state index in [0.29, 0.717) is 23.0 Å². The van der Waals surface area contributed by atoms with Crippen LogP contribution in [-0.2, 0) is 6.42 Å². The van der Waals surface area contributed by atoms with Crippen molar-refractivity contribution in [2.75, 3.05) is 7.11 Å². The van der Waals surface area contributed by atoms with E-state index in [1.54, 1.807) is 24.3 Å². The largest absolute Gasteiger partial charge is 0.508 e. The average molecular weight is 298 g/mol. The summed E-state index contributed by atoms with van der Waals surface area (Å²) in [5, 5.41) is 19.4. The maximum Gasteiger partial charge on any atom is 0.196 e. The third kappa shape index (κ3) is 2.48. The van der Waals surface area contributed by atoms with Crippen LogP contribution in [0.3, 0.4) is 0 Å². The fourth-order valence-electron chi connectivity index (χ4n) is 2.30. The lowest BCUT2D eigenvalue weighted by atomic mass is 10.0. The summed E-state index contributed by atoms with van der Waals surface area (Å²) in [6, 6.07) is 9.46. The summed E-state index contributed by atoms with van der Waals surface area (Å²) in [7, 11) is 1.42. The van der Waals surface area contributed by atoms with Gasteiger partial charge < -0.3 is 19.4 Å². The van der Waals surface area contributed by atoms with Gasteiger partial charge in [0.15, 0.2) is 16.9 Å². The van der Waals surface area contributed by atoms with Crippen LogP contribution in [0, 0.1) is 0 Å². The van der Waals surface area contributed by atoms with Crippen molar-refractivity contribution >= 4 is 11.0 Å². The minimum Gasteiger partial charge on any atom is -0.508 e. The Morgan fingerprint density at radius 1 is 1.14 bits per heavy atom. The molecule has 0 saturated carbocycles. The molecule has 0 atom stereocenters. The first-order valence-corrected chi connectivity index (χ1v) is 6.68. The third-order valence-electron chi connectivity index (χ3n) is 3.48. The molecular formula is C17H14O5. The zero-order valence-corrected chi connectivity index (χ0v) is 11.9. The summed E-state index contributed by atoms with van der Waals surface area (Å²) in [4.78, 5) is 12.5. The van der Waals surface area contributed by atoms with E-state index in [1.807, 2.05) is 0 Å². The molecule has 112 valence electrons. The van der Waals surface area contributed by atoms with Crippen LogP contribution in [-0.4, -0.2) is 17.3 Å². The number of rotatable bonds is 3. The van der Waals surface area contributed by atoms with Crippen LogP contribution in [0.4, 0.5) is 0 Å². The minimum absolute atomic E-state index is 0.0792. The van der Waals surface area contributed by atoms with E-state index in [4.69, 9.17) is 9.15 Å². The molecule has 5 heteroatoms. The van der Waals surface area contributed by atoms with Crippen LogP contribution in [0.2, 0.25) is 0 Å². The van der Waals surface area contributed by atoms with Crippen LogP contribution in [0.25, 0.3) is 11.0 Å². The molecule has 2 aromatic carbocycles. The maximum atomic E-state index is 12.5. The second-order valence-electron chi connectivity index (χ2n) is 4.95. The molecule has 0 aliphatic carbocycles. The van der Waals surface area contributed by atoms with Crippen LogP contribution in [0.15, 0.2) is 51.9 Å². The maximum absolute atomic E-state index is 12.5. The molecule has 0 aliphatic heterocycles. The number of hydrogen-bond acceptors (Lipinski definition) is 5. The Hall–Kier alpha value is -2.95. The molecule has 5 nitrogen and oxygen atoms in total.